The van der Waals surface area contributed by atoms with E-state index in [1.165, 1.54) is 12.0 Å². The minimum absolute atomic E-state index is 0.137. The number of nitrogens with one attached hydrogen (secondary N) is 1. The van der Waals surface area contributed by atoms with E-state index in [-0.39, 0.29) is 24.5 Å². The monoisotopic (exact) mass is 477 g/mol. The Morgan fingerprint density at radius 3 is 2.49 bits per heavy atom. The standard InChI is InChI=1S/C27H31N3O5/c1-18(14-15-28)35-24-11-7-5-9-21(24)26(32)29-22-13-12-19(16-25(22)34-3)27(33)30(2)23-10-6-4-8-20(23)17-31/h4-13,16,18,31H,14-15,17,28H2,1-3H3,(H,29,32). The van der Waals surface area contributed by atoms with Crippen LogP contribution >= 0.6 is 0 Å². The van der Waals surface area contributed by atoms with Crippen molar-refractivity contribution in [3.63, 3.8) is 0 Å². The first-order valence-electron chi connectivity index (χ1n) is 11.3. The van der Waals surface area contributed by atoms with Crippen LogP contribution in [0, 0.1) is 0 Å². The molecule has 3 aromatic rings. The SMILES string of the molecule is COc1cc(C(=O)N(C)c2ccccc2CO)ccc1NC(=O)c1ccccc1OC(C)CCN. The number of carbonyl (C=O) groups is 2. The molecule has 8 heteroatoms. The highest BCUT2D eigenvalue weighted by Crippen LogP contribution is 2.29. The predicted molar refractivity (Wildman–Crippen MR) is 136 cm³/mol. The van der Waals surface area contributed by atoms with Crippen LogP contribution in [0.25, 0.3) is 0 Å². The molecule has 3 rings (SSSR count). The van der Waals surface area contributed by atoms with E-state index in [2.05, 4.69) is 5.32 Å². The first kappa shape index (κ1) is 25.7. The smallest absolute Gasteiger partial charge is 0.259 e. The van der Waals surface area contributed by atoms with Gasteiger partial charge in [0.15, 0.2) is 0 Å². The Labute approximate surface area is 205 Å². The molecule has 1 atom stereocenters. The van der Waals surface area contributed by atoms with Gasteiger partial charge in [-0.15, -0.1) is 0 Å². The first-order chi connectivity index (χ1) is 16.9. The van der Waals surface area contributed by atoms with Crippen molar-refractivity contribution in [2.24, 2.45) is 5.73 Å². The largest absolute Gasteiger partial charge is 0.495 e. The van der Waals surface area contributed by atoms with Crippen molar-refractivity contribution in [3.05, 3.63) is 83.4 Å². The molecular formula is C27H31N3O5. The topological polar surface area (TPSA) is 114 Å². The summed E-state index contributed by atoms with van der Waals surface area (Å²) in [6.07, 6.45) is 0.526. The van der Waals surface area contributed by atoms with Gasteiger partial charge in [0.2, 0.25) is 0 Å². The molecule has 2 amide bonds. The second-order valence-corrected chi connectivity index (χ2v) is 8.02. The van der Waals surface area contributed by atoms with E-state index < -0.39 is 0 Å². The third kappa shape index (κ3) is 6.17. The molecule has 184 valence electrons. The van der Waals surface area contributed by atoms with Gasteiger partial charge in [0.1, 0.15) is 11.5 Å². The van der Waals surface area contributed by atoms with Crippen LogP contribution in [-0.2, 0) is 6.61 Å². The third-order valence-electron chi connectivity index (χ3n) is 5.56. The van der Waals surface area contributed by atoms with Crippen LogP contribution in [0.1, 0.15) is 39.6 Å². The van der Waals surface area contributed by atoms with E-state index in [0.29, 0.717) is 52.5 Å². The van der Waals surface area contributed by atoms with E-state index in [1.54, 1.807) is 73.8 Å². The molecule has 8 nitrogen and oxygen atoms in total. The van der Waals surface area contributed by atoms with Gasteiger partial charge in [-0.25, -0.2) is 0 Å². The quantitative estimate of drug-likeness (QED) is 0.409. The van der Waals surface area contributed by atoms with Gasteiger partial charge in [0.05, 0.1) is 31.1 Å². The minimum atomic E-state index is -0.369. The maximum absolute atomic E-state index is 13.1. The summed E-state index contributed by atoms with van der Waals surface area (Å²) in [6.45, 7) is 2.20. The highest BCUT2D eigenvalue weighted by molar-refractivity contribution is 6.09. The molecule has 4 N–H and O–H groups in total. The molecule has 0 aliphatic rings. The summed E-state index contributed by atoms with van der Waals surface area (Å²) in [5.41, 5.74) is 8.01. The Bertz CT molecular complexity index is 1180. The van der Waals surface area contributed by atoms with Crippen LogP contribution in [0.5, 0.6) is 11.5 Å². The fourth-order valence-corrected chi connectivity index (χ4v) is 3.66. The molecule has 0 aliphatic heterocycles. The van der Waals surface area contributed by atoms with Gasteiger partial charge < -0.3 is 30.5 Å². The number of amides is 2. The van der Waals surface area contributed by atoms with Gasteiger partial charge in [-0.05, 0) is 56.3 Å². The van der Waals surface area contributed by atoms with Crippen molar-refractivity contribution < 1.29 is 24.2 Å². The lowest BCUT2D eigenvalue weighted by molar-refractivity contribution is 0.0990. The highest BCUT2D eigenvalue weighted by Gasteiger charge is 2.20. The molecule has 0 spiro atoms. The van der Waals surface area contributed by atoms with Gasteiger partial charge in [-0.1, -0.05) is 30.3 Å². The number of carbonyl (C=O) groups excluding carboxylic acids is 2. The van der Waals surface area contributed by atoms with Gasteiger partial charge in [0.25, 0.3) is 11.8 Å². The molecule has 1 unspecified atom stereocenters. The van der Waals surface area contributed by atoms with Crippen LogP contribution in [0.4, 0.5) is 11.4 Å². The van der Waals surface area contributed by atoms with Crippen LogP contribution in [-0.4, -0.2) is 43.7 Å². The Morgan fingerprint density at radius 2 is 1.77 bits per heavy atom. The van der Waals surface area contributed by atoms with Crippen molar-refractivity contribution in [2.45, 2.75) is 26.1 Å². The molecule has 0 heterocycles. The summed E-state index contributed by atoms with van der Waals surface area (Å²) in [5.74, 6) is 0.144. The Hall–Kier alpha value is -3.88. The van der Waals surface area contributed by atoms with E-state index in [0.717, 1.165) is 0 Å². The number of hydrogen-bond acceptors (Lipinski definition) is 6. The number of anilines is 2. The molecule has 0 aliphatic carbocycles. The number of nitrogens with zero attached hydrogens (tertiary/aromatic N) is 1. The number of nitrogens with two attached hydrogens (primary N) is 1. The average molecular weight is 478 g/mol. The lowest BCUT2D eigenvalue weighted by Gasteiger charge is -2.21. The van der Waals surface area contributed by atoms with Crippen molar-refractivity contribution in [1.29, 1.82) is 0 Å². The van der Waals surface area contributed by atoms with Crippen molar-refractivity contribution in [1.82, 2.24) is 0 Å². The van der Waals surface area contributed by atoms with Gasteiger partial charge >= 0.3 is 0 Å². The number of benzene rings is 3. The van der Waals surface area contributed by atoms with E-state index >= 15 is 0 Å². The molecule has 3 aromatic carbocycles. The number of para-hydroxylation sites is 2. The Kier molecular flexibility index (Phi) is 8.83. The van der Waals surface area contributed by atoms with Gasteiger partial charge in [-0.3, -0.25) is 9.59 Å². The second-order valence-electron chi connectivity index (χ2n) is 8.02. The van der Waals surface area contributed by atoms with Crippen molar-refractivity contribution in [3.8, 4) is 11.5 Å². The first-order valence-corrected chi connectivity index (χ1v) is 11.3. The number of methoxy groups -OCH3 is 1. The third-order valence-corrected chi connectivity index (χ3v) is 5.56. The molecule has 0 aromatic heterocycles. The van der Waals surface area contributed by atoms with Gasteiger partial charge in [0, 0.05) is 23.9 Å². The number of aliphatic hydroxyl groups excluding tert-OH is 1. The lowest BCUT2D eigenvalue weighted by Crippen LogP contribution is -2.27. The zero-order valence-electron chi connectivity index (χ0n) is 20.2. The van der Waals surface area contributed by atoms with Gasteiger partial charge in [-0.2, -0.15) is 0 Å². The molecule has 0 radical (unpaired) electrons. The number of hydrogen-bond donors (Lipinski definition) is 3. The van der Waals surface area contributed by atoms with Crippen LogP contribution < -0.4 is 25.4 Å². The summed E-state index contributed by atoms with van der Waals surface area (Å²) in [6, 6.07) is 18.9. The lowest BCUT2D eigenvalue weighted by atomic mass is 10.1. The number of rotatable bonds is 10. The summed E-state index contributed by atoms with van der Waals surface area (Å²) >= 11 is 0. The number of aliphatic hydroxyl groups is 1. The van der Waals surface area contributed by atoms with E-state index in [4.69, 9.17) is 15.2 Å². The molecular weight excluding hydrogens is 446 g/mol. The Morgan fingerprint density at radius 1 is 1.06 bits per heavy atom. The molecule has 0 saturated heterocycles. The predicted octanol–water partition coefficient (Wildman–Crippen LogP) is 3.83. The summed E-state index contributed by atoms with van der Waals surface area (Å²) in [7, 11) is 3.11. The summed E-state index contributed by atoms with van der Waals surface area (Å²) < 4.78 is 11.4. The van der Waals surface area contributed by atoms with E-state index in [9.17, 15) is 14.7 Å². The average Bonchev–Trinajstić information content (AvgIpc) is 2.88. The maximum atomic E-state index is 13.1. The second kappa shape index (κ2) is 12.0. The fourth-order valence-electron chi connectivity index (χ4n) is 3.66. The van der Waals surface area contributed by atoms with Crippen LogP contribution in [0.15, 0.2) is 66.7 Å². The summed E-state index contributed by atoms with van der Waals surface area (Å²) in [4.78, 5) is 27.6. The fraction of sp³-hybridized carbons (Fsp3) is 0.259. The molecule has 0 bridgehead atoms. The maximum Gasteiger partial charge on any atom is 0.259 e. The van der Waals surface area contributed by atoms with Crippen molar-refractivity contribution in [2.75, 3.05) is 30.9 Å². The highest BCUT2D eigenvalue weighted by atomic mass is 16.5. The van der Waals surface area contributed by atoms with Crippen LogP contribution in [0.3, 0.4) is 0 Å². The van der Waals surface area contributed by atoms with E-state index in [1.807, 2.05) is 6.92 Å². The minimum Gasteiger partial charge on any atom is -0.495 e. The molecule has 35 heavy (non-hydrogen) atoms. The zero-order chi connectivity index (χ0) is 25.4. The molecule has 0 fully saturated rings. The zero-order valence-corrected chi connectivity index (χ0v) is 20.2. The Balaban J connectivity index is 1.82. The van der Waals surface area contributed by atoms with Crippen LogP contribution in [0.2, 0.25) is 0 Å². The summed E-state index contributed by atoms with van der Waals surface area (Å²) in [5, 5.41) is 12.4. The molecule has 0 saturated carbocycles. The number of ether oxygens (including phenoxy) is 2. The normalized spacial score (nSPS) is 11.5. The van der Waals surface area contributed by atoms with Crippen molar-refractivity contribution >= 4 is 23.2 Å².